The predicted molar refractivity (Wildman–Crippen MR) is 85.1 cm³/mol. The SMILES string of the molecule is O=C(NCc1cc(=O)oc2ccc(F)cc12)c1cccc(Cl)c1. The van der Waals surface area contributed by atoms with E-state index < -0.39 is 11.4 Å². The molecule has 1 heterocycles. The highest BCUT2D eigenvalue weighted by Gasteiger charge is 2.10. The van der Waals surface area contributed by atoms with Gasteiger partial charge in [0.1, 0.15) is 11.4 Å². The molecule has 1 amide bonds. The van der Waals surface area contributed by atoms with E-state index in [2.05, 4.69) is 5.32 Å². The summed E-state index contributed by atoms with van der Waals surface area (Å²) in [7, 11) is 0. The van der Waals surface area contributed by atoms with E-state index in [9.17, 15) is 14.0 Å². The van der Waals surface area contributed by atoms with Crippen LogP contribution in [-0.2, 0) is 6.54 Å². The van der Waals surface area contributed by atoms with Crippen molar-refractivity contribution in [3.8, 4) is 0 Å². The van der Waals surface area contributed by atoms with E-state index in [1.807, 2.05) is 0 Å². The first kappa shape index (κ1) is 15.2. The second-order valence-corrected chi connectivity index (χ2v) is 5.36. The number of hydrogen-bond donors (Lipinski definition) is 1. The van der Waals surface area contributed by atoms with Gasteiger partial charge in [-0.25, -0.2) is 9.18 Å². The van der Waals surface area contributed by atoms with Crippen molar-refractivity contribution in [1.29, 1.82) is 0 Å². The first-order valence-electron chi connectivity index (χ1n) is 6.79. The van der Waals surface area contributed by atoms with E-state index in [0.29, 0.717) is 21.5 Å². The fraction of sp³-hybridized carbons (Fsp3) is 0.0588. The molecule has 0 fully saturated rings. The molecule has 0 atom stereocenters. The molecule has 0 saturated carbocycles. The zero-order valence-corrected chi connectivity index (χ0v) is 12.6. The monoisotopic (exact) mass is 331 g/mol. The first-order valence-corrected chi connectivity index (χ1v) is 7.17. The van der Waals surface area contributed by atoms with Crippen molar-refractivity contribution in [1.82, 2.24) is 5.32 Å². The van der Waals surface area contributed by atoms with Gasteiger partial charge in [-0.3, -0.25) is 4.79 Å². The molecule has 1 N–H and O–H groups in total. The van der Waals surface area contributed by atoms with Crippen molar-refractivity contribution in [2.24, 2.45) is 0 Å². The molecule has 116 valence electrons. The van der Waals surface area contributed by atoms with Crippen molar-refractivity contribution in [3.05, 3.63) is 80.9 Å². The summed E-state index contributed by atoms with van der Waals surface area (Å²) in [5.74, 6) is -0.793. The molecule has 0 aliphatic carbocycles. The Bertz CT molecular complexity index is 952. The Labute approximate surface area is 135 Å². The van der Waals surface area contributed by atoms with Crippen LogP contribution in [-0.4, -0.2) is 5.91 Å². The van der Waals surface area contributed by atoms with Crippen LogP contribution >= 0.6 is 11.6 Å². The molecular weight excluding hydrogens is 321 g/mol. The molecule has 1 aromatic heterocycles. The second-order valence-electron chi connectivity index (χ2n) is 4.92. The topological polar surface area (TPSA) is 59.3 Å². The predicted octanol–water partition coefficient (Wildman–Crippen LogP) is 3.52. The number of fused-ring (bicyclic) bond motifs is 1. The zero-order chi connectivity index (χ0) is 16.4. The van der Waals surface area contributed by atoms with Gasteiger partial charge in [0.05, 0.1) is 0 Å². The molecule has 0 aliphatic heterocycles. The van der Waals surface area contributed by atoms with Crippen LogP contribution in [0.4, 0.5) is 4.39 Å². The molecule has 3 rings (SSSR count). The van der Waals surface area contributed by atoms with Gasteiger partial charge >= 0.3 is 5.63 Å². The van der Waals surface area contributed by atoms with Crippen molar-refractivity contribution in [2.45, 2.75) is 6.54 Å². The average molecular weight is 332 g/mol. The molecular formula is C17H11ClFNO3. The Morgan fingerprint density at radius 1 is 1.17 bits per heavy atom. The summed E-state index contributed by atoms with van der Waals surface area (Å²) in [6, 6.07) is 11.6. The molecule has 2 aromatic carbocycles. The average Bonchev–Trinajstić information content (AvgIpc) is 2.52. The summed E-state index contributed by atoms with van der Waals surface area (Å²) in [4.78, 5) is 23.7. The van der Waals surface area contributed by atoms with Crippen LogP contribution in [0.1, 0.15) is 15.9 Å². The number of benzene rings is 2. The van der Waals surface area contributed by atoms with Gasteiger partial charge in [0.15, 0.2) is 0 Å². The molecule has 0 radical (unpaired) electrons. The van der Waals surface area contributed by atoms with Crippen molar-refractivity contribution >= 4 is 28.5 Å². The van der Waals surface area contributed by atoms with Gasteiger partial charge in [0.2, 0.25) is 0 Å². The third-order valence-electron chi connectivity index (χ3n) is 3.32. The van der Waals surface area contributed by atoms with Crippen molar-refractivity contribution in [2.75, 3.05) is 0 Å². The molecule has 3 aromatic rings. The van der Waals surface area contributed by atoms with Crippen LogP contribution in [0.15, 0.2) is 57.7 Å². The maximum atomic E-state index is 13.4. The standard InChI is InChI=1S/C17H11ClFNO3/c18-12-3-1-2-10(6-12)17(22)20-9-11-7-16(21)23-15-5-4-13(19)8-14(11)15/h1-8H,9H2,(H,20,22). The third-order valence-corrected chi connectivity index (χ3v) is 3.55. The van der Waals surface area contributed by atoms with E-state index in [1.54, 1.807) is 18.2 Å². The lowest BCUT2D eigenvalue weighted by atomic mass is 10.1. The Morgan fingerprint density at radius 2 is 2.00 bits per heavy atom. The van der Waals surface area contributed by atoms with Crippen molar-refractivity contribution < 1.29 is 13.6 Å². The highest BCUT2D eigenvalue weighted by atomic mass is 35.5. The largest absolute Gasteiger partial charge is 0.423 e. The van der Waals surface area contributed by atoms with E-state index >= 15 is 0 Å². The minimum atomic E-state index is -0.559. The number of halogens is 2. The van der Waals surface area contributed by atoms with E-state index in [0.717, 1.165) is 0 Å². The minimum Gasteiger partial charge on any atom is -0.423 e. The fourth-order valence-electron chi connectivity index (χ4n) is 2.25. The Morgan fingerprint density at radius 3 is 2.78 bits per heavy atom. The molecule has 0 spiro atoms. The maximum Gasteiger partial charge on any atom is 0.336 e. The van der Waals surface area contributed by atoms with Gasteiger partial charge in [0.25, 0.3) is 5.91 Å². The lowest BCUT2D eigenvalue weighted by molar-refractivity contribution is 0.0951. The van der Waals surface area contributed by atoms with E-state index in [4.69, 9.17) is 16.0 Å². The van der Waals surface area contributed by atoms with Gasteiger partial charge < -0.3 is 9.73 Å². The van der Waals surface area contributed by atoms with Gasteiger partial charge in [-0.2, -0.15) is 0 Å². The van der Waals surface area contributed by atoms with Crippen LogP contribution in [0.2, 0.25) is 5.02 Å². The normalized spacial score (nSPS) is 10.7. The zero-order valence-electron chi connectivity index (χ0n) is 11.8. The van der Waals surface area contributed by atoms with Crippen molar-refractivity contribution in [3.63, 3.8) is 0 Å². The van der Waals surface area contributed by atoms with Gasteiger partial charge in [-0.15, -0.1) is 0 Å². The quantitative estimate of drug-likeness (QED) is 0.747. The minimum absolute atomic E-state index is 0.0664. The van der Waals surface area contributed by atoms with Gasteiger partial charge in [0, 0.05) is 28.6 Å². The molecule has 0 aliphatic rings. The highest BCUT2D eigenvalue weighted by Crippen LogP contribution is 2.18. The lowest BCUT2D eigenvalue weighted by Crippen LogP contribution is -2.23. The second kappa shape index (κ2) is 6.22. The van der Waals surface area contributed by atoms with Gasteiger partial charge in [-0.05, 0) is 42.0 Å². The number of amides is 1. The number of hydrogen-bond acceptors (Lipinski definition) is 3. The maximum absolute atomic E-state index is 13.4. The number of carbonyl (C=O) groups is 1. The number of rotatable bonds is 3. The summed E-state index contributed by atoms with van der Waals surface area (Å²) < 4.78 is 18.4. The molecule has 6 heteroatoms. The fourth-order valence-corrected chi connectivity index (χ4v) is 2.44. The summed E-state index contributed by atoms with van der Waals surface area (Å²) in [6.07, 6.45) is 0. The first-order chi connectivity index (χ1) is 11.0. The molecule has 0 bridgehead atoms. The summed E-state index contributed by atoms with van der Waals surface area (Å²) >= 11 is 5.85. The molecule has 0 unspecified atom stereocenters. The van der Waals surface area contributed by atoms with Crippen LogP contribution in [0, 0.1) is 5.82 Å². The summed E-state index contributed by atoms with van der Waals surface area (Å²) in [5.41, 5.74) is 0.587. The Kier molecular flexibility index (Phi) is 4.12. The highest BCUT2D eigenvalue weighted by molar-refractivity contribution is 6.30. The van der Waals surface area contributed by atoms with E-state index in [1.165, 1.54) is 30.3 Å². The summed E-state index contributed by atoms with van der Waals surface area (Å²) in [5, 5.41) is 3.57. The van der Waals surface area contributed by atoms with Crippen LogP contribution in [0.25, 0.3) is 11.0 Å². The third kappa shape index (κ3) is 3.40. The van der Waals surface area contributed by atoms with Gasteiger partial charge in [-0.1, -0.05) is 17.7 Å². The lowest BCUT2D eigenvalue weighted by Gasteiger charge is -2.08. The number of nitrogens with one attached hydrogen (secondary N) is 1. The number of carbonyl (C=O) groups excluding carboxylic acids is 1. The smallest absolute Gasteiger partial charge is 0.336 e. The van der Waals surface area contributed by atoms with Crippen LogP contribution < -0.4 is 10.9 Å². The van der Waals surface area contributed by atoms with Crippen LogP contribution in [0.3, 0.4) is 0 Å². The van der Waals surface area contributed by atoms with Crippen LogP contribution in [0.5, 0.6) is 0 Å². The molecule has 23 heavy (non-hydrogen) atoms. The molecule has 4 nitrogen and oxygen atoms in total. The molecule has 0 saturated heterocycles. The summed E-state index contributed by atoms with van der Waals surface area (Å²) in [6.45, 7) is 0.0664. The Balaban J connectivity index is 1.88. The van der Waals surface area contributed by atoms with E-state index in [-0.39, 0.29) is 18.0 Å². The Hall–Kier alpha value is -2.66.